The molecule has 0 saturated carbocycles. The van der Waals surface area contributed by atoms with Gasteiger partial charge in [0, 0.05) is 44.2 Å². The number of nitrogens with one attached hydrogen (secondary N) is 2. The molecule has 5 heteroatoms. The van der Waals surface area contributed by atoms with Crippen LogP contribution in [0.4, 0.5) is 0 Å². The lowest BCUT2D eigenvalue weighted by molar-refractivity contribution is -0.0971. The summed E-state index contributed by atoms with van der Waals surface area (Å²) in [4.78, 5) is 6.79. The van der Waals surface area contributed by atoms with Gasteiger partial charge in [0.2, 0.25) is 0 Å². The van der Waals surface area contributed by atoms with E-state index in [0.717, 1.165) is 45.2 Å². The van der Waals surface area contributed by atoms with Gasteiger partial charge in [-0.05, 0) is 34.1 Å². The van der Waals surface area contributed by atoms with Crippen LogP contribution < -0.4 is 10.6 Å². The van der Waals surface area contributed by atoms with Gasteiger partial charge >= 0.3 is 0 Å². The van der Waals surface area contributed by atoms with Crippen LogP contribution in [-0.2, 0) is 4.74 Å². The Morgan fingerprint density at radius 1 is 1.19 bits per heavy atom. The summed E-state index contributed by atoms with van der Waals surface area (Å²) in [6.45, 7) is 15.9. The van der Waals surface area contributed by atoms with Gasteiger partial charge in [0.15, 0.2) is 5.96 Å². The van der Waals surface area contributed by atoms with Crippen LogP contribution in [0.15, 0.2) is 4.99 Å². The molecular weight excluding hydrogens is 264 g/mol. The molecule has 0 aromatic heterocycles. The van der Waals surface area contributed by atoms with E-state index in [2.05, 4.69) is 55.1 Å². The summed E-state index contributed by atoms with van der Waals surface area (Å²) >= 11 is 0. The molecule has 0 aromatic carbocycles. The Kier molecular flexibility index (Phi) is 7.46. The summed E-state index contributed by atoms with van der Waals surface area (Å²) in [7, 11) is 1.82. The van der Waals surface area contributed by atoms with Crippen molar-refractivity contribution in [3.63, 3.8) is 0 Å². The van der Waals surface area contributed by atoms with Gasteiger partial charge in [-0.15, -0.1) is 0 Å². The summed E-state index contributed by atoms with van der Waals surface area (Å²) in [5.41, 5.74) is 0.268. The summed E-state index contributed by atoms with van der Waals surface area (Å²) in [6, 6.07) is 1.20. The van der Waals surface area contributed by atoms with Crippen molar-refractivity contribution in [2.24, 2.45) is 10.4 Å². The maximum atomic E-state index is 5.27. The van der Waals surface area contributed by atoms with Crippen molar-refractivity contribution >= 4 is 5.96 Å². The number of nitrogens with zero attached hydrogens (tertiary/aromatic N) is 2. The van der Waals surface area contributed by atoms with Crippen LogP contribution in [0.1, 0.15) is 41.0 Å². The Hall–Kier alpha value is -0.810. The number of ether oxygens (including phenoxy) is 1. The van der Waals surface area contributed by atoms with Crippen LogP contribution in [-0.4, -0.2) is 62.8 Å². The Bertz CT molecular complexity index is 316. The summed E-state index contributed by atoms with van der Waals surface area (Å²) in [6.07, 6.45) is 1.12. The van der Waals surface area contributed by atoms with Crippen molar-refractivity contribution in [3.05, 3.63) is 0 Å². The molecule has 21 heavy (non-hydrogen) atoms. The first kappa shape index (κ1) is 18.2. The van der Waals surface area contributed by atoms with Crippen molar-refractivity contribution in [1.82, 2.24) is 15.5 Å². The molecule has 124 valence electrons. The minimum atomic E-state index is 0.268. The molecule has 1 aliphatic rings. The standard InChI is InChI=1S/C16H34N4O/c1-13(2)20(14(3)4)9-7-8-18-15(17-6)19-10-16(5)11-21-12-16/h13-14H,7-12H2,1-6H3,(H2,17,18,19). The fourth-order valence-corrected chi connectivity index (χ4v) is 2.65. The van der Waals surface area contributed by atoms with Gasteiger partial charge in [0.1, 0.15) is 0 Å². The molecule has 1 heterocycles. The minimum Gasteiger partial charge on any atom is -0.380 e. The zero-order valence-corrected chi connectivity index (χ0v) is 14.7. The van der Waals surface area contributed by atoms with Crippen LogP contribution in [0.25, 0.3) is 0 Å². The fraction of sp³-hybridized carbons (Fsp3) is 0.938. The molecule has 0 amide bonds. The van der Waals surface area contributed by atoms with E-state index in [9.17, 15) is 0 Å². The summed E-state index contributed by atoms with van der Waals surface area (Å²) < 4.78 is 5.27. The second-order valence-corrected chi connectivity index (χ2v) is 6.93. The number of hydrogen-bond acceptors (Lipinski definition) is 3. The fourth-order valence-electron chi connectivity index (χ4n) is 2.65. The highest BCUT2D eigenvalue weighted by atomic mass is 16.5. The molecule has 1 fully saturated rings. The third kappa shape index (κ3) is 6.22. The molecule has 5 nitrogen and oxygen atoms in total. The van der Waals surface area contributed by atoms with E-state index in [1.165, 1.54) is 0 Å². The zero-order valence-electron chi connectivity index (χ0n) is 14.7. The quantitative estimate of drug-likeness (QED) is 0.407. The van der Waals surface area contributed by atoms with Gasteiger partial charge in [-0.3, -0.25) is 9.89 Å². The normalized spacial score (nSPS) is 18.2. The largest absolute Gasteiger partial charge is 0.380 e. The molecule has 1 rings (SSSR count). The topological polar surface area (TPSA) is 48.9 Å². The minimum absolute atomic E-state index is 0.268. The maximum Gasteiger partial charge on any atom is 0.191 e. The second kappa shape index (κ2) is 8.59. The third-order valence-electron chi connectivity index (χ3n) is 4.02. The molecular formula is C16H34N4O. The SMILES string of the molecule is CN=C(NCCCN(C(C)C)C(C)C)NCC1(C)COC1. The molecule has 0 radical (unpaired) electrons. The first-order valence-electron chi connectivity index (χ1n) is 8.16. The molecule has 0 unspecified atom stereocenters. The molecule has 1 aliphatic heterocycles. The Labute approximate surface area is 130 Å². The summed E-state index contributed by atoms with van der Waals surface area (Å²) in [5.74, 6) is 0.892. The van der Waals surface area contributed by atoms with Crippen LogP contribution in [0, 0.1) is 5.41 Å². The predicted octanol–water partition coefficient (Wildman–Crippen LogP) is 1.70. The monoisotopic (exact) mass is 298 g/mol. The highest BCUT2D eigenvalue weighted by Gasteiger charge is 2.33. The van der Waals surface area contributed by atoms with Gasteiger partial charge in [-0.2, -0.15) is 0 Å². The predicted molar refractivity (Wildman–Crippen MR) is 89.9 cm³/mol. The van der Waals surface area contributed by atoms with Gasteiger partial charge in [-0.1, -0.05) is 6.92 Å². The van der Waals surface area contributed by atoms with Crippen molar-refractivity contribution < 1.29 is 4.74 Å². The van der Waals surface area contributed by atoms with Crippen molar-refractivity contribution in [3.8, 4) is 0 Å². The molecule has 0 atom stereocenters. The van der Waals surface area contributed by atoms with E-state index in [0.29, 0.717) is 12.1 Å². The average Bonchev–Trinajstić information content (AvgIpc) is 2.38. The zero-order chi connectivity index (χ0) is 15.9. The Balaban J connectivity index is 2.20. The van der Waals surface area contributed by atoms with E-state index in [4.69, 9.17) is 4.74 Å². The van der Waals surface area contributed by atoms with Gasteiger partial charge in [-0.25, -0.2) is 0 Å². The number of guanidine groups is 1. The van der Waals surface area contributed by atoms with Crippen LogP contribution >= 0.6 is 0 Å². The highest BCUT2D eigenvalue weighted by Crippen LogP contribution is 2.24. The number of rotatable bonds is 8. The summed E-state index contributed by atoms with van der Waals surface area (Å²) in [5, 5.41) is 6.79. The molecule has 1 saturated heterocycles. The Morgan fingerprint density at radius 3 is 2.24 bits per heavy atom. The lowest BCUT2D eigenvalue weighted by Crippen LogP contribution is -2.51. The van der Waals surface area contributed by atoms with Gasteiger partial charge < -0.3 is 15.4 Å². The van der Waals surface area contributed by atoms with Crippen LogP contribution in [0.5, 0.6) is 0 Å². The van der Waals surface area contributed by atoms with Crippen molar-refractivity contribution in [2.75, 3.05) is 39.9 Å². The smallest absolute Gasteiger partial charge is 0.191 e. The van der Waals surface area contributed by atoms with E-state index < -0.39 is 0 Å². The Morgan fingerprint density at radius 2 is 1.81 bits per heavy atom. The van der Waals surface area contributed by atoms with Crippen LogP contribution in [0.3, 0.4) is 0 Å². The van der Waals surface area contributed by atoms with Crippen molar-refractivity contribution in [2.45, 2.75) is 53.1 Å². The molecule has 0 spiro atoms. The maximum absolute atomic E-state index is 5.27. The number of hydrogen-bond donors (Lipinski definition) is 2. The van der Waals surface area contributed by atoms with E-state index >= 15 is 0 Å². The molecule has 0 aromatic rings. The van der Waals surface area contributed by atoms with Gasteiger partial charge in [0.25, 0.3) is 0 Å². The molecule has 2 N–H and O–H groups in total. The van der Waals surface area contributed by atoms with Gasteiger partial charge in [0.05, 0.1) is 13.2 Å². The van der Waals surface area contributed by atoms with Crippen LogP contribution in [0.2, 0.25) is 0 Å². The highest BCUT2D eigenvalue weighted by molar-refractivity contribution is 5.79. The molecule has 0 bridgehead atoms. The molecule has 0 aliphatic carbocycles. The third-order valence-corrected chi connectivity index (χ3v) is 4.02. The first-order valence-corrected chi connectivity index (χ1v) is 8.16. The lowest BCUT2D eigenvalue weighted by atomic mass is 9.89. The number of aliphatic imine (C=N–C) groups is 1. The average molecular weight is 298 g/mol. The lowest BCUT2D eigenvalue weighted by Gasteiger charge is -2.38. The van der Waals surface area contributed by atoms with Crippen molar-refractivity contribution in [1.29, 1.82) is 0 Å². The first-order chi connectivity index (χ1) is 9.88. The van der Waals surface area contributed by atoms with E-state index in [1.807, 2.05) is 7.05 Å². The second-order valence-electron chi connectivity index (χ2n) is 6.93. The van der Waals surface area contributed by atoms with E-state index in [-0.39, 0.29) is 5.41 Å². The van der Waals surface area contributed by atoms with E-state index in [1.54, 1.807) is 0 Å².